The second-order valence-corrected chi connectivity index (χ2v) is 7.30. The number of oxazole rings is 1. The van der Waals surface area contributed by atoms with Gasteiger partial charge in [-0.25, -0.2) is 0 Å². The highest BCUT2D eigenvalue weighted by molar-refractivity contribution is 5.85. The van der Waals surface area contributed by atoms with Crippen molar-refractivity contribution in [3.05, 3.63) is 24.3 Å². The van der Waals surface area contributed by atoms with Gasteiger partial charge in [0.2, 0.25) is 5.91 Å². The number of anilines is 1. The van der Waals surface area contributed by atoms with Crippen molar-refractivity contribution >= 4 is 47.8 Å². The second-order valence-electron chi connectivity index (χ2n) is 7.30. The molecule has 2 heterocycles. The fourth-order valence-electron chi connectivity index (χ4n) is 3.43. The number of carbonyl (C=O) groups excluding carboxylic acids is 1. The molecule has 0 bridgehead atoms. The van der Waals surface area contributed by atoms with E-state index in [4.69, 9.17) is 10.2 Å². The quantitative estimate of drug-likeness (QED) is 0.753. The monoisotopic (exact) mass is 416 g/mol. The largest absolute Gasteiger partial charge is 0.423 e. The third-order valence-electron chi connectivity index (χ3n) is 4.81. The number of hydrogen-bond acceptors (Lipinski definition) is 5. The maximum absolute atomic E-state index is 12.5. The van der Waals surface area contributed by atoms with Gasteiger partial charge in [-0.05, 0) is 37.3 Å². The first-order valence-corrected chi connectivity index (χ1v) is 9.17. The normalized spacial score (nSPS) is 15.9. The van der Waals surface area contributed by atoms with Gasteiger partial charge in [0, 0.05) is 31.6 Å². The van der Waals surface area contributed by atoms with Crippen molar-refractivity contribution in [1.29, 1.82) is 0 Å². The Bertz CT molecular complexity index is 682. The molecule has 152 valence electrons. The van der Waals surface area contributed by atoms with Gasteiger partial charge in [-0.15, -0.1) is 24.8 Å². The molecule has 1 aromatic carbocycles. The maximum Gasteiger partial charge on any atom is 0.298 e. The van der Waals surface area contributed by atoms with E-state index >= 15 is 0 Å². The summed E-state index contributed by atoms with van der Waals surface area (Å²) in [6, 6.07) is 8.50. The number of nitrogens with zero attached hydrogens (tertiary/aromatic N) is 2. The Balaban J connectivity index is 0.00000182. The van der Waals surface area contributed by atoms with Crippen molar-refractivity contribution in [1.82, 2.24) is 10.3 Å². The Morgan fingerprint density at radius 2 is 1.96 bits per heavy atom. The topological polar surface area (TPSA) is 84.4 Å². The minimum Gasteiger partial charge on any atom is -0.423 e. The molecule has 1 aliphatic heterocycles. The predicted molar refractivity (Wildman–Crippen MR) is 114 cm³/mol. The van der Waals surface area contributed by atoms with E-state index in [2.05, 4.69) is 29.0 Å². The van der Waals surface area contributed by atoms with Gasteiger partial charge in [-0.1, -0.05) is 26.0 Å². The molecular formula is C19H30Cl2N4O2. The molecule has 1 aliphatic rings. The molecule has 27 heavy (non-hydrogen) atoms. The molecule has 1 unspecified atom stereocenters. The molecule has 1 aromatic heterocycles. The molecule has 1 saturated heterocycles. The van der Waals surface area contributed by atoms with Crippen molar-refractivity contribution in [2.45, 2.75) is 39.2 Å². The Kier molecular flexibility index (Phi) is 9.36. The van der Waals surface area contributed by atoms with Crippen molar-refractivity contribution in [3.8, 4) is 0 Å². The molecule has 8 heteroatoms. The van der Waals surface area contributed by atoms with E-state index in [0.29, 0.717) is 18.5 Å². The highest BCUT2D eigenvalue weighted by Gasteiger charge is 2.28. The lowest BCUT2D eigenvalue weighted by Gasteiger charge is -2.31. The first-order valence-electron chi connectivity index (χ1n) is 9.17. The van der Waals surface area contributed by atoms with Crippen LogP contribution in [0.3, 0.4) is 0 Å². The highest BCUT2D eigenvalue weighted by Crippen LogP contribution is 2.26. The number of piperidine rings is 1. The molecule has 1 amide bonds. The van der Waals surface area contributed by atoms with Crippen LogP contribution in [0.25, 0.3) is 11.1 Å². The zero-order chi connectivity index (χ0) is 17.8. The van der Waals surface area contributed by atoms with Crippen LogP contribution >= 0.6 is 24.8 Å². The van der Waals surface area contributed by atoms with Crippen molar-refractivity contribution < 1.29 is 9.21 Å². The zero-order valence-electron chi connectivity index (χ0n) is 15.9. The lowest BCUT2D eigenvalue weighted by molar-refractivity contribution is -0.126. The number of nitrogens with one attached hydrogen (secondary N) is 1. The molecule has 0 saturated carbocycles. The summed E-state index contributed by atoms with van der Waals surface area (Å²) in [5.74, 6) is 0.699. The van der Waals surface area contributed by atoms with Crippen LogP contribution in [0.4, 0.5) is 6.01 Å². The molecule has 0 aliphatic carbocycles. The smallest absolute Gasteiger partial charge is 0.298 e. The van der Waals surface area contributed by atoms with Crippen LogP contribution in [0.2, 0.25) is 0 Å². The fraction of sp³-hybridized carbons (Fsp3) is 0.579. The zero-order valence-corrected chi connectivity index (χ0v) is 17.5. The maximum atomic E-state index is 12.5. The number of amides is 1. The van der Waals surface area contributed by atoms with Crippen molar-refractivity contribution in [3.63, 3.8) is 0 Å². The van der Waals surface area contributed by atoms with Crippen LogP contribution in [0.1, 0.15) is 33.1 Å². The summed E-state index contributed by atoms with van der Waals surface area (Å²) in [6.07, 6.45) is 2.54. The lowest BCUT2D eigenvalue weighted by atomic mass is 9.95. The molecule has 1 fully saturated rings. The highest BCUT2D eigenvalue weighted by atomic mass is 35.5. The number of hydrogen-bond donors (Lipinski definition) is 2. The Morgan fingerprint density at radius 3 is 2.56 bits per heavy atom. The molecule has 1 atom stereocenters. The van der Waals surface area contributed by atoms with Crippen LogP contribution in [0, 0.1) is 11.8 Å². The van der Waals surface area contributed by atoms with Gasteiger partial charge in [0.1, 0.15) is 5.52 Å². The third-order valence-corrected chi connectivity index (χ3v) is 4.81. The van der Waals surface area contributed by atoms with Gasteiger partial charge >= 0.3 is 0 Å². The Hall–Kier alpha value is -1.50. The van der Waals surface area contributed by atoms with E-state index < -0.39 is 0 Å². The van der Waals surface area contributed by atoms with Crippen LogP contribution in [0.5, 0.6) is 0 Å². The van der Waals surface area contributed by atoms with Gasteiger partial charge in [0.05, 0.1) is 0 Å². The van der Waals surface area contributed by atoms with Gasteiger partial charge in [0.15, 0.2) is 5.58 Å². The summed E-state index contributed by atoms with van der Waals surface area (Å²) < 4.78 is 5.83. The summed E-state index contributed by atoms with van der Waals surface area (Å²) in [5.41, 5.74) is 7.46. The van der Waals surface area contributed by atoms with Gasteiger partial charge in [-0.3, -0.25) is 4.79 Å². The fourth-order valence-corrected chi connectivity index (χ4v) is 3.43. The van der Waals surface area contributed by atoms with E-state index in [-0.39, 0.29) is 42.7 Å². The predicted octanol–water partition coefficient (Wildman–Crippen LogP) is 3.38. The average molecular weight is 417 g/mol. The summed E-state index contributed by atoms with van der Waals surface area (Å²) in [5, 5.41) is 3.12. The molecule has 0 spiro atoms. The standard InChI is InChI=1S/C19H28N4O2.2ClH/c1-13(2)11-15(12-20)21-18(24)14-7-9-23(10-8-14)19-22-16-5-3-4-6-17(16)25-19;;/h3-6,13-15H,7-12,20H2,1-2H3,(H,21,24);2*1H. The Morgan fingerprint density at radius 1 is 1.30 bits per heavy atom. The number of halogens is 2. The average Bonchev–Trinajstić information content (AvgIpc) is 3.05. The van der Waals surface area contributed by atoms with Gasteiger partial charge < -0.3 is 20.4 Å². The number of para-hydroxylation sites is 2. The van der Waals surface area contributed by atoms with Crippen molar-refractivity contribution in [2.75, 3.05) is 24.5 Å². The second kappa shape index (κ2) is 10.7. The number of rotatable bonds is 6. The molecule has 6 nitrogen and oxygen atoms in total. The van der Waals surface area contributed by atoms with E-state index in [1.165, 1.54) is 0 Å². The number of aromatic nitrogens is 1. The number of fused-ring (bicyclic) bond motifs is 1. The minimum atomic E-state index is 0. The van der Waals surface area contributed by atoms with Gasteiger partial charge in [0.25, 0.3) is 6.01 Å². The Labute approximate surface area is 173 Å². The van der Waals surface area contributed by atoms with E-state index in [1.54, 1.807) is 0 Å². The molecule has 3 N–H and O–H groups in total. The summed E-state index contributed by atoms with van der Waals surface area (Å²) in [6.45, 7) is 6.34. The van der Waals surface area contributed by atoms with E-state index in [0.717, 1.165) is 43.5 Å². The molecule has 3 rings (SSSR count). The summed E-state index contributed by atoms with van der Waals surface area (Å²) >= 11 is 0. The lowest BCUT2D eigenvalue weighted by Crippen LogP contribution is -2.46. The van der Waals surface area contributed by atoms with Crippen LogP contribution in [-0.4, -0.2) is 36.6 Å². The molecule has 0 radical (unpaired) electrons. The van der Waals surface area contributed by atoms with Crippen LogP contribution in [0.15, 0.2) is 28.7 Å². The number of benzene rings is 1. The third kappa shape index (κ3) is 5.99. The van der Waals surface area contributed by atoms with E-state index in [9.17, 15) is 4.79 Å². The SMILES string of the molecule is CC(C)CC(CN)NC(=O)C1CCN(c2nc3ccccc3o2)CC1.Cl.Cl. The summed E-state index contributed by atoms with van der Waals surface area (Å²) in [4.78, 5) is 19.2. The van der Waals surface area contributed by atoms with Crippen LogP contribution in [-0.2, 0) is 4.79 Å². The van der Waals surface area contributed by atoms with Gasteiger partial charge in [-0.2, -0.15) is 4.98 Å². The number of nitrogens with two attached hydrogens (primary N) is 1. The number of carbonyl (C=O) groups is 1. The minimum absolute atomic E-state index is 0. The first kappa shape index (κ1) is 23.5. The van der Waals surface area contributed by atoms with Crippen LogP contribution < -0.4 is 16.0 Å². The van der Waals surface area contributed by atoms with E-state index in [1.807, 2.05) is 24.3 Å². The molecule has 2 aromatic rings. The molecular weight excluding hydrogens is 387 g/mol. The van der Waals surface area contributed by atoms with Crippen molar-refractivity contribution in [2.24, 2.45) is 17.6 Å². The first-order chi connectivity index (χ1) is 12.1. The summed E-state index contributed by atoms with van der Waals surface area (Å²) in [7, 11) is 0.